The molecule has 3 rings (SSSR count). The third-order valence-corrected chi connectivity index (χ3v) is 2.75. The number of nitrogens with zero attached hydrogens (tertiary/aromatic N) is 3. The molecule has 2 aromatic heterocycles. The molecule has 0 spiro atoms. The average molecular weight is 224 g/mol. The maximum Gasteiger partial charge on any atom is 0.180 e. The third-order valence-electron chi connectivity index (χ3n) is 2.53. The molecule has 15 heavy (non-hydrogen) atoms. The van der Waals surface area contributed by atoms with Crippen molar-refractivity contribution in [1.29, 1.82) is 0 Å². The zero-order chi connectivity index (χ0) is 10.3. The molecule has 1 unspecified atom stereocenters. The van der Waals surface area contributed by atoms with Crippen LogP contribution in [-0.4, -0.2) is 21.2 Å². The predicted molar refractivity (Wildman–Crippen MR) is 55.9 cm³/mol. The number of hydrogen-bond acceptors (Lipinski definition) is 3. The first-order valence-corrected chi connectivity index (χ1v) is 5.34. The van der Waals surface area contributed by atoms with Crippen molar-refractivity contribution in [3.8, 4) is 0 Å². The molecule has 0 aliphatic carbocycles. The zero-order valence-corrected chi connectivity index (χ0v) is 8.81. The van der Waals surface area contributed by atoms with Crippen molar-refractivity contribution in [2.75, 3.05) is 6.61 Å². The number of rotatable bonds is 1. The smallest absolute Gasteiger partial charge is 0.180 e. The van der Waals surface area contributed by atoms with E-state index in [1.165, 1.54) is 0 Å². The molecule has 3 heterocycles. The van der Waals surface area contributed by atoms with Crippen molar-refractivity contribution in [1.82, 2.24) is 14.6 Å². The van der Waals surface area contributed by atoms with Gasteiger partial charge in [-0.3, -0.25) is 0 Å². The highest BCUT2D eigenvalue weighted by molar-refractivity contribution is 6.30. The fourth-order valence-corrected chi connectivity index (χ4v) is 1.95. The highest BCUT2D eigenvalue weighted by Crippen LogP contribution is 2.26. The van der Waals surface area contributed by atoms with Crippen LogP contribution in [0.2, 0.25) is 5.02 Å². The van der Waals surface area contributed by atoms with Gasteiger partial charge in [-0.1, -0.05) is 11.6 Å². The molecule has 0 aromatic carbocycles. The molecule has 0 radical (unpaired) electrons. The van der Waals surface area contributed by atoms with Gasteiger partial charge in [-0.2, -0.15) is 0 Å². The van der Waals surface area contributed by atoms with E-state index in [2.05, 4.69) is 10.1 Å². The van der Waals surface area contributed by atoms with Crippen molar-refractivity contribution >= 4 is 17.2 Å². The number of ether oxygens (including phenoxy) is 1. The molecule has 1 saturated heterocycles. The Bertz CT molecular complexity index is 490. The molecule has 1 atom stereocenters. The van der Waals surface area contributed by atoms with Crippen LogP contribution in [0.15, 0.2) is 18.3 Å². The molecule has 0 N–H and O–H groups in total. The normalized spacial score (nSPS) is 21.3. The molecule has 5 heteroatoms. The van der Waals surface area contributed by atoms with E-state index in [4.69, 9.17) is 16.3 Å². The highest BCUT2D eigenvalue weighted by Gasteiger charge is 2.21. The van der Waals surface area contributed by atoms with E-state index in [0.29, 0.717) is 5.02 Å². The number of aromatic nitrogens is 3. The molecule has 2 aromatic rings. The first-order valence-electron chi connectivity index (χ1n) is 4.96. The van der Waals surface area contributed by atoms with Gasteiger partial charge in [0.1, 0.15) is 6.10 Å². The van der Waals surface area contributed by atoms with E-state index in [-0.39, 0.29) is 6.10 Å². The van der Waals surface area contributed by atoms with E-state index in [9.17, 15) is 0 Å². The quantitative estimate of drug-likeness (QED) is 0.744. The number of hydrogen-bond donors (Lipinski definition) is 0. The van der Waals surface area contributed by atoms with E-state index in [1.54, 1.807) is 10.7 Å². The van der Waals surface area contributed by atoms with Crippen molar-refractivity contribution in [2.24, 2.45) is 0 Å². The van der Waals surface area contributed by atoms with E-state index in [1.807, 2.05) is 12.1 Å². The molecule has 0 bridgehead atoms. The molecular formula is C10H10ClN3O. The second-order valence-electron chi connectivity index (χ2n) is 3.62. The summed E-state index contributed by atoms with van der Waals surface area (Å²) in [6.45, 7) is 0.807. The molecule has 0 amide bonds. The maximum atomic E-state index is 5.87. The fourth-order valence-electron chi connectivity index (χ4n) is 1.79. The predicted octanol–water partition coefficient (Wildman–Crippen LogP) is 2.23. The van der Waals surface area contributed by atoms with Gasteiger partial charge in [0.2, 0.25) is 0 Å². The largest absolute Gasteiger partial charge is 0.370 e. The monoisotopic (exact) mass is 223 g/mol. The molecule has 0 saturated carbocycles. The Balaban J connectivity index is 2.05. The Morgan fingerprint density at radius 3 is 3.20 bits per heavy atom. The lowest BCUT2D eigenvalue weighted by Crippen LogP contribution is -1.98. The van der Waals surface area contributed by atoms with Crippen LogP contribution < -0.4 is 0 Å². The van der Waals surface area contributed by atoms with Crippen molar-refractivity contribution < 1.29 is 4.74 Å². The minimum atomic E-state index is 0.0590. The van der Waals surface area contributed by atoms with Gasteiger partial charge in [0.25, 0.3) is 0 Å². The summed E-state index contributed by atoms with van der Waals surface area (Å²) in [6, 6.07) is 3.67. The molecular weight excluding hydrogens is 214 g/mol. The Hall–Kier alpha value is -1.13. The van der Waals surface area contributed by atoms with Gasteiger partial charge in [0, 0.05) is 12.8 Å². The average Bonchev–Trinajstić information content (AvgIpc) is 2.84. The number of fused-ring (bicyclic) bond motifs is 1. The van der Waals surface area contributed by atoms with Crippen LogP contribution >= 0.6 is 11.6 Å². The fraction of sp³-hybridized carbons (Fsp3) is 0.400. The second-order valence-corrected chi connectivity index (χ2v) is 4.06. The molecule has 78 valence electrons. The molecule has 4 nitrogen and oxygen atoms in total. The summed E-state index contributed by atoms with van der Waals surface area (Å²) < 4.78 is 7.22. The summed E-state index contributed by atoms with van der Waals surface area (Å²) >= 11 is 5.87. The summed E-state index contributed by atoms with van der Waals surface area (Å²) in [5.41, 5.74) is 0.810. The summed E-state index contributed by atoms with van der Waals surface area (Å²) in [5, 5.41) is 5.01. The first-order chi connectivity index (χ1) is 7.33. The lowest BCUT2D eigenvalue weighted by atomic mass is 10.2. The minimum absolute atomic E-state index is 0.0590. The third kappa shape index (κ3) is 1.60. The van der Waals surface area contributed by atoms with Gasteiger partial charge in [0.05, 0.1) is 5.02 Å². The lowest BCUT2D eigenvalue weighted by molar-refractivity contribution is 0.105. The van der Waals surface area contributed by atoms with E-state index >= 15 is 0 Å². The Labute approximate surface area is 91.8 Å². The van der Waals surface area contributed by atoms with Gasteiger partial charge >= 0.3 is 0 Å². The number of halogens is 1. The van der Waals surface area contributed by atoms with Crippen LogP contribution in [-0.2, 0) is 4.74 Å². The highest BCUT2D eigenvalue weighted by atomic mass is 35.5. The van der Waals surface area contributed by atoms with Crippen molar-refractivity contribution in [2.45, 2.75) is 18.9 Å². The van der Waals surface area contributed by atoms with Crippen LogP contribution in [0.3, 0.4) is 0 Å². The van der Waals surface area contributed by atoms with Crippen LogP contribution in [0.25, 0.3) is 5.65 Å². The van der Waals surface area contributed by atoms with Crippen molar-refractivity contribution in [3.05, 3.63) is 29.2 Å². The Kier molecular flexibility index (Phi) is 2.11. The van der Waals surface area contributed by atoms with Gasteiger partial charge in [-0.25, -0.2) is 9.50 Å². The Morgan fingerprint density at radius 2 is 2.40 bits per heavy atom. The SMILES string of the molecule is Clc1ccc2nc(C3CCCO3)nn2c1. The first kappa shape index (κ1) is 9.12. The van der Waals surface area contributed by atoms with Crippen molar-refractivity contribution in [3.63, 3.8) is 0 Å². The van der Waals surface area contributed by atoms with Crippen LogP contribution in [0, 0.1) is 0 Å². The van der Waals surface area contributed by atoms with Gasteiger partial charge in [0.15, 0.2) is 11.5 Å². The lowest BCUT2D eigenvalue weighted by Gasteiger charge is -2.01. The number of pyridine rings is 1. The summed E-state index contributed by atoms with van der Waals surface area (Å²) in [5.74, 6) is 0.759. The van der Waals surface area contributed by atoms with E-state index in [0.717, 1.165) is 30.9 Å². The summed E-state index contributed by atoms with van der Waals surface area (Å²) in [4.78, 5) is 4.40. The summed E-state index contributed by atoms with van der Waals surface area (Å²) in [6.07, 6.45) is 3.90. The topological polar surface area (TPSA) is 39.4 Å². The maximum absolute atomic E-state index is 5.87. The van der Waals surface area contributed by atoms with Gasteiger partial charge in [-0.05, 0) is 25.0 Å². The molecule has 1 fully saturated rings. The Morgan fingerprint density at radius 1 is 1.47 bits per heavy atom. The summed E-state index contributed by atoms with van der Waals surface area (Å²) in [7, 11) is 0. The van der Waals surface area contributed by atoms with Gasteiger partial charge in [-0.15, -0.1) is 5.10 Å². The van der Waals surface area contributed by atoms with Gasteiger partial charge < -0.3 is 4.74 Å². The van der Waals surface area contributed by atoms with E-state index < -0.39 is 0 Å². The standard InChI is InChI=1S/C10H10ClN3O/c11-7-3-4-9-12-10(13-14(9)6-7)8-2-1-5-15-8/h3-4,6,8H,1-2,5H2. The molecule has 1 aliphatic heterocycles. The van der Waals surface area contributed by atoms with Crippen LogP contribution in [0.4, 0.5) is 0 Å². The van der Waals surface area contributed by atoms with Crippen LogP contribution in [0.1, 0.15) is 24.8 Å². The molecule has 1 aliphatic rings. The second kappa shape index (κ2) is 3.47. The zero-order valence-electron chi connectivity index (χ0n) is 8.06. The van der Waals surface area contributed by atoms with Crippen LogP contribution in [0.5, 0.6) is 0 Å². The minimum Gasteiger partial charge on any atom is -0.370 e.